The lowest BCUT2D eigenvalue weighted by molar-refractivity contribution is 0.198. The number of nitrogens with zero attached hydrogens (tertiary/aromatic N) is 3. The number of hydrogen-bond acceptors (Lipinski definition) is 4. The summed E-state index contributed by atoms with van der Waals surface area (Å²) in [6, 6.07) is 8.66. The average molecular weight is 434 g/mol. The summed E-state index contributed by atoms with van der Waals surface area (Å²) in [5.41, 5.74) is 2.47. The predicted octanol–water partition coefficient (Wildman–Crippen LogP) is 4.18. The van der Waals surface area contributed by atoms with Crippen molar-refractivity contribution in [2.75, 3.05) is 26.2 Å². The van der Waals surface area contributed by atoms with Gasteiger partial charge in [0.05, 0.1) is 10.7 Å². The molecule has 0 amide bonds. The fourth-order valence-corrected chi connectivity index (χ4v) is 4.72. The number of aliphatic imine (C=N–C) groups is 1. The molecule has 1 aliphatic rings. The second-order valence-electron chi connectivity index (χ2n) is 7.57. The lowest BCUT2D eigenvalue weighted by atomic mass is 10.0. The molecule has 0 aliphatic carbocycles. The van der Waals surface area contributed by atoms with Gasteiger partial charge in [-0.1, -0.05) is 23.7 Å². The molecule has 5 nitrogen and oxygen atoms in total. The predicted molar refractivity (Wildman–Crippen MR) is 124 cm³/mol. The number of benzene rings is 1. The lowest BCUT2D eigenvalue weighted by Crippen LogP contribution is -2.48. The molecular formula is C22H32ClN5S. The summed E-state index contributed by atoms with van der Waals surface area (Å²) in [4.78, 5) is 13.2. The fourth-order valence-electron chi connectivity index (χ4n) is 3.67. The zero-order valence-electron chi connectivity index (χ0n) is 17.7. The minimum atomic E-state index is 0.474. The highest BCUT2D eigenvalue weighted by molar-refractivity contribution is 7.11. The van der Waals surface area contributed by atoms with Gasteiger partial charge in [-0.25, -0.2) is 4.98 Å². The van der Waals surface area contributed by atoms with Gasteiger partial charge in [0.1, 0.15) is 0 Å². The van der Waals surface area contributed by atoms with E-state index in [0.717, 1.165) is 73.7 Å². The highest BCUT2D eigenvalue weighted by atomic mass is 35.5. The van der Waals surface area contributed by atoms with Gasteiger partial charge in [0.25, 0.3) is 0 Å². The van der Waals surface area contributed by atoms with Crippen molar-refractivity contribution in [2.24, 2.45) is 4.99 Å². The topological polar surface area (TPSA) is 52.6 Å². The first-order chi connectivity index (χ1) is 14.0. The van der Waals surface area contributed by atoms with Crippen LogP contribution in [0.3, 0.4) is 0 Å². The fraction of sp³-hybridized carbons (Fsp3) is 0.545. The number of halogens is 1. The second-order valence-corrected chi connectivity index (χ2v) is 9.30. The highest BCUT2D eigenvalue weighted by Gasteiger charge is 2.20. The van der Waals surface area contributed by atoms with Crippen LogP contribution in [0.2, 0.25) is 5.02 Å². The molecule has 2 heterocycles. The van der Waals surface area contributed by atoms with Crippen LogP contribution in [-0.4, -0.2) is 48.1 Å². The van der Waals surface area contributed by atoms with Gasteiger partial charge in [0.2, 0.25) is 0 Å². The molecule has 1 fully saturated rings. The Kier molecular flexibility index (Phi) is 8.33. The first-order valence-corrected chi connectivity index (χ1v) is 11.7. The van der Waals surface area contributed by atoms with Crippen LogP contribution >= 0.6 is 22.9 Å². The second kappa shape index (κ2) is 11.0. The van der Waals surface area contributed by atoms with Crippen LogP contribution < -0.4 is 10.6 Å². The average Bonchev–Trinajstić information content (AvgIpc) is 3.02. The van der Waals surface area contributed by atoms with Crippen molar-refractivity contribution in [1.29, 1.82) is 0 Å². The molecule has 1 aromatic heterocycles. The maximum atomic E-state index is 5.99. The normalized spacial score (nSPS) is 16.2. The molecule has 158 valence electrons. The van der Waals surface area contributed by atoms with Crippen molar-refractivity contribution in [3.05, 3.63) is 50.4 Å². The number of hydrogen-bond donors (Lipinski definition) is 2. The molecule has 3 rings (SSSR count). The molecule has 1 aromatic carbocycles. The quantitative estimate of drug-likeness (QED) is 0.508. The third-order valence-electron chi connectivity index (χ3n) is 5.20. The summed E-state index contributed by atoms with van der Waals surface area (Å²) in [5.74, 6) is 0.933. The van der Waals surface area contributed by atoms with Gasteiger partial charge in [-0.2, -0.15) is 0 Å². The number of aryl methyl sites for hydroxylation is 2. The number of piperidine rings is 1. The molecule has 29 heavy (non-hydrogen) atoms. The number of guanidine groups is 1. The smallest absolute Gasteiger partial charge is 0.191 e. The molecule has 0 radical (unpaired) electrons. The van der Waals surface area contributed by atoms with Crippen LogP contribution in [0.4, 0.5) is 0 Å². The molecule has 1 saturated heterocycles. The first-order valence-electron chi connectivity index (χ1n) is 10.5. The summed E-state index contributed by atoms with van der Waals surface area (Å²) in [7, 11) is 0. The van der Waals surface area contributed by atoms with Crippen LogP contribution in [0.1, 0.15) is 40.9 Å². The molecule has 0 saturated carbocycles. The summed E-state index contributed by atoms with van der Waals surface area (Å²) < 4.78 is 0. The minimum absolute atomic E-state index is 0.474. The Bertz CT molecular complexity index is 794. The van der Waals surface area contributed by atoms with Crippen LogP contribution in [0, 0.1) is 13.8 Å². The van der Waals surface area contributed by atoms with E-state index in [-0.39, 0.29) is 0 Å². The Morgan fingerprint density at radius 1 is 1.24 bits per heavy atom. The lowest BCUT2D eigenvalue weighted by Gasteiger charge is -2.33. The van der Waals surface area contributed by atoms with Gasteiger partial charge in [-0.05, 0) is 51.3 Å². The van der Waals surface area contributed by atoms with Gasteiger partial charge in [0, 0.05) is 55.1 Å². The SMILES string of the molecule is CCNC(=NCCc1sc(C)nc1C)NC1CCN(Cc2ccc(Cl)cc2)CC1. The largest absolute Gasteiger partial charge is 0.357 e. The Balaban J connectivity index is 1.45. The zero-order chi connectivity index (χ0) is 20.6. The number of thiazole rings is 1. The van der Waals surface area contributed by atoms with Crippen molar-refractivity contribution >= 4 is 28.9 Å². The molecule has 0 atom stereocenters. The number of likely N-dealkylation sites (tertiary alicyclic amines) is 1. The third kappa shape index (κ3) is 6.98. The third-order valence-corrected chi connectivity index (χ3v) is 6.59. The van der Waals surface area contributed by atoms with Crippen LogP contribution in [0.25, 0.3) is 0 Å². The number of rotatable bonds is 7. The van der Waals surface area contributed by atoms with E-state index in [1.807, 2.05) is 12.1 Å². The van der Waals surface area contributed by atoms with Gasteiger partial charge >= 0.3 is 0 Å². The number of nitrogens with one attached hydrogen (secondary N) is 2. The molecule has 7 heteroatoms. The van der Waals surface area contributed by atoms with Gasteiger partial charge in [0.15, 0.2) is 5.96 Å². The zero-order valence-corrected chi connectivity index (χ0v) is 19.2. The van der Waals surface area contributed by atoms with E-state index in [2.05, 4.69) is 53.4 Å². The van der Waals surface area contributed by atoms with Crippen LogP contribution in [0.5, 0.6) is 0 Å². The Morgan fingerprint density at radius 3 is 2.59 bits per heavy atom. The van der Waals surface area contributed by atoms with Gasteiger partial charge in [-0.15, -0.1) is 11.3 Å². The summed E-state index contributed by atoms with van der Waals surface area (Å²) in [5, 5.41) is 8.96. The van der Waals surface area contributed by atoms with Gasteiger partial charge < -0.3 is 10.6 Å². The van der Waals surface area contributed by atoms with Gasteiger partial charge in [-0.3, -0.25) is 9.89 Å². The standard InChI is InChI=1S/C22H32ClN5S/c1-4-24-22(25-12-9-21-16(2)26-17(3)29-21)27-20-10-13-28(14-11-20)15-18-5-7-19(23)8-6-18/h5-8,20H,4,9-15H2,1-3H3,(H2,24,25,27). The molecular weight excluding hydrogens is 402 g/mol. The maximum Gasteiger partial charge on any atom is 0.191 e. The highest BCUT2D eigenvalue weighted by Crippen LogP contribution is 2.18. The Labute approximate surface area is 183 Å². The number of aromatic nitrogens is 1. The first kappa shape index (κ1) is 22.1. The molecule has 0 spiro atoms. The van der Waals surface area contributed by atoms with E-state index in [4.69, 9.17) is 16.6 Å². The van der Waals surface area contributed by atoms with Crippen molar-refractivity contribution in [3.63, 3.8) is 0 Å². The summed E-state index contributed by atoms with van der Waals surface area (Å²) in [6.45, 7) is 11.1. The monoisotopic (exact) mass is 433 g/mol. The van der Waals surface area contributed by atoms with Crippen molar-refractivity contribution in [3.8, 4) is 0 Å². The van der Waals surface area contributed by atoms with E-state index in [9.17, 15) is 0 Å². The van der Waals surface area contributed by atoms with E-state index in [0.29, 0.717) is 6.04 Å². The van der Waals surface area contributed by atoms with E-state index in [1.54, 1.807) is 11.3 Å². The van der Waals surface area contributed by atoms with Crippen LogP contribution in [0.15, 0.2) is 29.3 Å². The van der Waals surface area contributed by atoms with Crippen molar-refractivity contribution in [1.82, 2.24) is 20.5 Å². The molecule has 2 aromatic rings. The Hall–Kier alpha value is -1.63. The summed E-state index contributed by atoms with van der Waals surface area (Å²) >= 11 is 7.77. The minimum Gasteiger partial charge on any atom is -0.357 e. The molecule has 2 N–H and O–H groups in total. The van der Waals surface area contributed by atoms with Crippen molar-refractivity contribution < 1.29 is 0 Å². The van der Waals surface area contributed by atoms with E-state index < -0.39 is 0 Å². The Morgan fingerprint density at radius 2 is 1.97 bits per heavy atom. The van der Waals surface area contributed by atoms with Crippen LogP contribution in [-0.2, 0) is 13.0 Å². The maximum absolute atomic E-state index is 5.99. The van der Waals surface area contributed by atoms with E-state index in [1.165, 1.54) is 10.4 Å². The molecule has 0 unspecified atom stereocenters. The molecule has 1 aliphatic heterocycles. The summed E-state index contributed by atoms with van der Waals surface area (Å²) in [6.07, 6.45) is 3.21. The van der Waals surface area contributed by atoms with E-state index >= 15 is 0 Å². The van der Waals surface area contributed by atoms with Crippen molar-refractivity contribution in [2.45, 2.75) is 52.6 Å². The molecule has 0 bridgehead atoms.